The van der Waals surface area contributed by atoms with Crippen LogP contribution in [0.2, 0.25) is 0 Å². The van der Waals surface area contributed by atoms with Gasteiger partial charge in [0.05, 0.1) is 18.4 Å². The number of rotatable bonds is 2. The largest absolute Gasteiger partial charge is 0.384 e. The van der Waals surface area contributed by atoms with Gasteiger partial charge in [-0.25, -0.2) is 4.68 Å². The van der Waals surface area contributed by atoms with Gasteiger partial charge in [-0.15, -0.1) is 5.10 Å². The van der Waals surface area contributed by atoms with Crippen LogP contribution in [-0.4, -0.2) is 24.8 Å². The molecule has 2 rings (SSSR count). The van der Waals surface area contributed by atoms with E-state index in [2.05, 4.69) is 15.4 Å². The van der Waals surface area contributed by atoms with Crippen LogP contribution in [0.1, 0.15) is 11.4 Å². The van der Waals surface area contributed by atoms with Crippen LogP contribution in [-0.2, 0) is 13.6 Å². The molecule has 0 aliphatic rings. The Morgan fingerprint density at radius 1 is 1.50 bits per heavy atom. The fraction of sp³-hybridized carbons (Fsp3) is 0.375. The van der Waals surface area contributed by atoms with Crippen LogP contribution in [0.4, 0.5) is 5.82 Å². The molecule has 0 atom stereocenters. The summed E-state index contributed by atoms with van der Waals surface area (Å²) in [6.07, 6.45) is 1.84. The molecule has 2 aromatic rings. The minimum atomic E-state index is 0.563. The van der Waals surface area contributed by atoms with E-state index in [1.807, 2.05) is 26.2 Å². The lowest BCUT2D eigenvalue weighted by atomic mass is 10.4. The molecule has 2 N–H and O–H groups in total. The average Bonchev–Trinajstić information content (AvgIpc) is 2.61. The lowest BCUT2D eigenvalue weighted by molar-refractivity contribution is 0.670. The minimum Gasteiger partial charge on any atom is -0.384 e. The fourth-order valence-corrected chi connectivity index (χ4v) is 1.31. The van der Waals surface area contributed by atoms with E-state index in [1.54, 1.807) is 9.36 Å². The van der Waals surface area contributed by atoms with Crippen LogP contribution < -0.4 is 5.73 Å². The fourth-order valence-electron chi connectivity index (χ4n) is 1.31. The topological polar surface area (TPSA) is 74.5 Å². The van der Waals surface area contributed by atoms with Gasteiger partial charge >= 0.3 is 0 Å². The monoisotopic (exact) mass is 192 g/mol. The summed E-state index contributed by atoms with van der Waals surface area (Å²) in [5, 5.41) is 12.0. The molecule has 0 aliphatic heterocycles. The Kier molecular flexibility index (Phi) is 1.95. The summed E-state index contributed by atoms with van der Waals surface area (Å²) in [7, 11) is 1.83. The van der Waals surface area contributed by atoms with Crippen molar-refractivity contribution in [1.29, 1.82) is 0 Å². The molecule has 2 aromatic heterocycles. The van der Waals surface area contributed by atoms with Gasteiger partial charge in [0.2, 0.25) is 0 Å². The van der Waals surface area contributed by atoms with Crippen LogP contribution >= 0.6 is 0 Å². The second-order valence-corrected chi connectivity index (χ2v) is 3.25. The van der Waals surface area contributed by atoms with Gasteiger partial charge in [0.1, 0.15) is 11.5 Å². The summed E-state index contributed by atoms with van der Waals surface area (Å²) < 4.78 is 3.36. The van der Waals surface area contributed by atoms with Crippen LogP contribution in [0.15, 0.2) is 12.3 Å². The Balaban J connectivity index is 2.22. The first-order valence-corrected chi connectivity index (χ1v) is 4.30. The number of nitrogens with zero attached hydrogens (tertiary/aromatic N) is 5. The lowest BCUT2D eigenvalue weighted by Crippen LogP contribution is -2.06. The van der Waals surface area contributed by atoms with Crippen molar-refractivity contribution in [2.75, 3.05) is 5.73 Å². The van der Waals surface area contributed by atoms with Crippen LogP contribution in [0.3, 0.4) is 0 Å². The van der Waals surface area contributed by atoms with Gasteiger partial charge in [0.15, 0.2) is 0 Å². The van der Waals surface area contributed by atoms with E-state index in [0.29, 0.717) is 12.4 Å². The highest BCUT2D eigenvalue weighted by molar-refractivity contribution is 5.30. The Labute approximate surface area is 81.3 Å². The van der Waals surface area contributed by atoms with Crippen molar-refractivity contribution in [2.45, 2.75) is 13.5 Å². The maximum atomic E-state index is 5.74. The van der Waals surface area contributed by atoms with Gasteiger partial charge in [-0.3, -0.25) is 4.68 Å². The molecule has 0 saturated heterocycles. The number of aromatic nitrogens is 5. The first kappa shape index (κ1) is 8.74. The van der Waals surface area contributed by atoms with E-state index in [9.17, 15) is 0 Å². The van der Waals surface area contributed by atoms with Gasteiger partial charge in [0, 0.05) is 13.1 Å². The van der Waals surface area contributed by atoms with E-state index in [-0.39, 0.29) is 0 Å². The van der Waals surface area contributed by atoms with Crippen molar-refractivity contribution >= 4 is 5.82 Å². The van der Waals surface area contributed by atoms with Crippen LogP contribution in [0.5, 0.6) is 0 Å². The van der Waals surface area contributed by atoms with Crippen molar-refractivity contribution < 1.29 is 0 Å². The second kappa shape index (κ2) is 3.13. The molecular formula is C8H12N6. The van der Waals surface area contributed by atoms with E-state index in [0.717, 1.165) is 11.4 Å². The molecule has 0 aromatic carbocycles. The molecule has 6 nitrogen and oxygen atoms in total. The van der Waals surface area contributed by atoms with Crippen molar-refractivity contribution in [3.63, 3.8) is 0 Å². The Bertz CT molecular complexity index is 440. The Morgan fingerprint density at radius 3 is 2.79 bits per heavy atom. The highest BCUT2D eigenvalue weighted by atomic mass is 15.4. The van der Waals surface area contributed by atoms with Gasteiger partial charge in [-0.05, 0) is 6.92 Å². The molecule has 0 radical (unpaired) electrons. The number of hydrogen-bond donors (Lipinski definition) is 1. The highest BCUT2D eigenvalue weighted by Gasteiger charge is 2.04. The molecular weight excluding hydrogens is 180 g/mol. The van der Waals surface area contributed by atoms with Gasteiger partial charge in [0.25, 0.3) is 0 Å². The SMILES string of the molecule is Cc1cc(N)n(Cc2cn(C)nn2)n1. The van der Waals surface area contributed by atoms with Gasteiger partial charge in [-0.2, -0.15) is 5.10 Å². The average molecular weight is 192 g/mol. The zero-order chi connectivity index (χ0) is 10.1. The molecule has 0 saturated carbocycles. The summed E-state index contributed by atoms with van der Waals surface area (Å²) in [6.45, 7) is 2.47. The maximum Gasteiger partial charge on any atom is 0.122 e. The maximum absolute atomic E-state index is 5.74. The van der Waals surface area contributed by atoms with E-state index >= 15 is 0 Å². The zero-order valence-corrected chi connectivity index (χ0v) is 8.18. The lowest BCUT2D eigenvalue weighted by Gasteiger charge is -1.99. The van der Waals surface area contributed by atoms with Gasteiger partial charge in [-0.1, -0.05) is 5.21 Å². The predicted octanol–water partition coefficient (Wildman–Crippen LogP) is -0.0495. The molecule has 0 amide bonds. The smallest absolute Gasteiger partial charge is 0.122 e. The summed E-state index contributed by atoms with van der Waals surface area (Å²) in [6, 6.07) is 1.83. The number of hydrogen-bond acceptors (Lipinski definition) is 4. The quantitative estimate of drug-likeness (QED) is 0.724. The predicted molar refractivity (Wildman–Crippen MR) is 51.5 cm³/mol. The summed E-state index contributed by atoms with van der Waals surface area (Å²) in [5.41, 5.74) is 7.50. The molecule has 0 aliphatic carbocycles. The first-order valence-electron chi connectivity index (χ1n) is 4.30. The van der Waals surface area contributed by atoms with Crippen molar-refractivity contribution in [3.05, 3.63) is 23.7 Å². The third-order valence-electron chi connectivity index (χ3n) is 1.90. The molecule has 0 fully saturated rings. The standard InChI is InChI=1S/C8H12N6/c1-6-3-8(9)14(11-6)5-7-4-13(2)12-10-7/h3-4H,5,9H2,1-2H3. The summed E-state index contributed by atoms with van der Waals surface area (Å²) in [5.74, 6) is 0.646. The Hall–Kier alpha value is -1.85. The Morgan fingerprint density at radius 2 is 2.29 bits per heavy atom. The number of anilines is 1. The summed E-state index contributed by atoms with van der Waals surface area (Å²) in [4.78, 5) is 0. The molecule has 14 heavy (non-hydrogen) atoms. The number of aryl methyl sites for hydroxylation is 2. The summed E-state index contributed by atoms with van der Waals surface area (Å²) >= 11 is 0. The molecule has 0 unspecified atom stereocenters. The highest BCUT2D eigenvalue weighted by Crippen LogP contribution is 2.07. The van der Waals surface area contributed by atoms with Crippen molar-refractivity contribution in [1.82, 2.24) is 24.8 Å². The van der Waals surface area contributed by atoms with E-state index in [4.69, 9.17) is 5.73 Å². The molecule has 6 heteroatoms. The molecule has 74 valence electrons. The first-order chi connectivity index (χ1) is 6.65. The van der Waals surface area contributed by atoms with E-state index in [1.165, 1.54) is 0 Å². The molecule has 0 bridgehead atoms. The normalized spacial score (nSPS) is 10.7. The molecule has 2 heterocycles. The van der Waals surface area contributed by atoms with Crippen molar-refractivity contribution in [3.8, 4) is 0 Å². The zero-order valence-electron chi connectivity index (χ0n) is 8.18. The third kappa shape index (κ3) is 1.59. The third-order valence-corrected chi connectivity index (χ3v) is 1.90. The minimum absolute atomic E-state index is 0.563. The number of nitrogen functional groups attached to an aromatic ring is 1. The number of nitrogens with two attached hydrogens (primary N) is 1. The molecule has 0 spiro atoms. The van der Waals surface area contributed by atoms with Crippen LogP contribution in [0, 0.1) is 6.92 Å². The van der Waals surface area contributed by atoms with Gasteiger partial charge < -0.3 is 5.73 Å². The van der Waals surface area contributed by atoms with Crippen molar-refractivity contribution in [2.24, 2.45) is 7.05 Å². The van der Waals surface area contributed by atoms with E-state index < -0.39 is 0 Å². The van der Waals surface area contributed by atoms with Crippen LogP contribution in [0.25, 0.3) is 0 Å². The second-order valence-electron chi connectivity index (χ2n) is 3.25.